The molecule has 0 spiro atoms. The zero-order valence-electron chi connectivity index (χ0n) is 18.2. The second-order valence-corrected chi connectivity index (χ2v) is 7.92. The van der Waals surface area contributed by atoms with Crippen LogP contribution in [0.4, 0.5) is 4.79 Å². The number of carbonyl (C=O) groups excluding carboxylic acids is 3. The quantitative estimate of drug-likeness (QED) is 0.453. The summed E-state index contributed by atoms with van der Waals surface area (Å²) in [5.41, 5.74) is 3.68. The Labute approximate surface area is 195 Å². The molecule has 1 atom stereocenters. The molecule has 5 rings (SSSR count). The molecule has 1 saturated heterocycles. The molecule has 2 N–H and O–H groups in total. The second kappa shape index (κ2) is 8.28. The van der Waals surface area contributed by atoms with Crippen LogP contribution in [-0.4, -0.2) is 37.6 Å². The molecule has 9 heteroatoms. The van der Waals surface area contributed by atoms with E-state index in [4.69, 9.17) is 0 Å². The maximum Gasteiger partial charge on any atom is 0.344 e. The number of hydrogen-bond donors (Lipinski definition) is 2. The number of hydrazine groups is 1. The molecule has 0 bridgehead atoms. The van der Waals surface area contributed by atoms with Gasteiger partial charge in [0, 0.05) is 24.2 Å². The molecule has 0 radical (unpaired) electrons. The summed E-state index contributed by atoms with van der Waals surface area (Å²) in [6.45, 7) is 1.60. The first-order valence-corrected chi connectivity index (χ1v) is 10.6. The largest absolute Gasteiger partial charge is 0.344 e. The lowest BCUT2D eigenvalue weighted by Crippen LogP contribution is -2.48. The smallest absolute Gasteiger partial charge is 0.318 e. The summed E-state index contributed by atoms with van der Waals surface area (Å²) in [7, 11) is 0. The van der Waals surface area contributed by atoms with E-state index in [1.165, 1.54) is 0 Å². The van der Waals surface area contributed by atoms with Crippen molar-refractivity contribution in [3.8, 4) is 16.9 Å². The van der Waals surface area contributed by atoms with E-state index >= 15 is 0 Å². The van der Waals surface area contributed by atoms with Crippen molar-refractivity contribution in [3.63, 3.8) is 0 Å². The third kappa shape index (κ3) is 3.58. The number of rotatable bonds is 5. The van der Waals surface area contributed by atoms with Crippen LogP contribution in [0.1, 0.15) is 22.8 Å². The number of benzene rings is 2. The average molecular weight is 452 g/mol. The molecule has 1 unspecified atom stereocenters. The van der Waals surface area contributed by atoms with Crippen LogP contribution >= 0.6 is 0 Å². The summed E-state index contributed by atoms with van der Waals surface area (Å²) < 4.78 is 1.57. The van der Waals surface area contributed by atoms with Gasteiger partial charge in [0.25, 0.3) is 11.8 Å². The topological polar surface area (TPSA) is 109 Å². The van der Waals surface area contributed by atoms with E-state index in [0.717, 1.165) is 5.69 Å². The van der Waals surface area contributed by atoms with Gasteiger partial charge in [0.05, 0.1) is 11.3 Å². The fourth-order valence-electron chi connectivity index (χ4n) is 3.84. The number of carbonyl (C=O) groups is 3. The maximum absolute atomic E-state index is 13.3. The Bertz CT molecular complexity index is 1370. The van der Waals surface area contributed by atoms with Crippen LogP contribution in [0.5, 0.6) is 0 Å². The number of urea groups is 1. The highest BCUT2D eigenvalue weighted by atomic mass is 16.2. The van der Waals surface area contributed by atoms with Crippen molar-refractivity contribution >= 4 is 17.8 Å². The van der Waals surface area contributed by atoms with Gasteiger partial charge >= 0.3 is 6.03 Å². The molecule has 4 aromatic rings. The normalized spacial score (nSPS) is 17.5. The van der Waals surface area contributed by atoms with E-state index in [9.17, 15) is 14.4 Å². The van der Waals surface area contributed by atoms with Gasteiger partial charge in [-0.25, -0.2) is 9.48 Å². The predicted octanol–water partition coefficient (Wildman–Crippen LogP) is 3.05. The van der Waals surface area contributed by atoms with Crippen LogP contribution in [0.25, 0.3) is 16.9 Å². The molecule has 168 valence electrons. The van der Waals surface area contributed by atoms with Crippen molar-refractivity contribution in [3.05, 3.63) is 103 Å². The van der Waals surface area contributed by atoms with Crippen molar-refractivity contribution in [2.24, 2.45) is 0 Å². The zero-order chi connectivity index (χ0) is 23.7. The molecule has 1 aliphatic heterocycles. The van der Waals surface area contributed by atoms with E-state index in [-0.39, 0.29) is 5.56 Å². The van der Waals surface area contributed by atoms with Gasteiger partial charge in [-0.05, 0) is 36.8 Å². The number of hydrogen-bond acceptors (Lipinski definition) is 5. The molecule has 2 aromatic heterocycles. The fraction of sp³-hybridized carbons (Fsp3) is 0.0800. The Kier molecular flexibility index (Phi) is 5.14. The Hall–Kier alpha value is -4.79. The molecule has 1 fully saturated rings. The molecule has 3 heterocycles. The number of imide groups is 1. The summed E-state index contributed by atoms with van der Waals surface area (Å²) in [5.74, 6) is -1.24. The molecule has 0 saturated carbocycles. The average Bonchev–Trinajstić information content (AvgIpc) is 3.42. The van der Waals surface area contributed by atoms with Crippen LogP contribution in [0, 0.1) is 0 Å². The lowest BCUT2D eigenvalue weighted by Gasteiger charge is -2.22. The monoisotopic (exact) mass is 452 g/mol. The molecule has 0 aliphatic carbocycles. The highest BCUT2D eigenvalue weighted by Gasteiger charge is 2.50. The van der Waals surface area contributed by atoms with Gasteiger partial charge in [-0.15, -0.1) is 0 Å². The van der Waals surface area contributed by atoms with E-state index in [2.05, 4.69) is 20.8 Å². The molecule has 9 nitrogen and oxygen atoms in total. The summed E-state index contributed by atoms with van der Waals surface area (Å²) >= 11 is 0. The Morgan fingerprint density at radius 1 is 0.971 bits per heavy atom. The molecular weight excluding hydrogens is 432 g/mol. The number of amides is 4. The van der Waals surface area contributed by atoms with Crippen molar-refractivity contribution in [1.29, 1.82) is 0 Å². The molecule has 4 amide bonds. The third-order valence-corrected chi connectivity index (χ3v) is 5.67. The van der Waals surface area contributed by atoms with Crippen LogP contribution in [0.2, 0.25) is 0 Å². The third-order valence-electron chi connectivity index (χ3n) is 5.67. The van der Waals surface area contributed by atoms with Crippen LogP contribution in [0.3, 0.4) is 0 Å². The lowest BCUT2D eigenvalue weighted by molar-refractivity contribution is -0.132. The highest BCUT2D eigenvalue weighted by molar-refractivity contribution is 6.10. The SMILES string of the molecule is CC1(c2ccccc2)NC(=O)N(NC(=O)c2cn(-c3ccccc3)nc2-c2cccnc2)C1=O. The van der Waals surface area contributed by atoms with Gasteiger partial charge < -0.3 is 5.32 Å². The Morgan fingerprint density at radius 2 is 1.68 bits per heavy atom. The van der Waals surface area contributed by atoms with E-state index in [1.807, 2.05) is 36.4 Å². The van der Waals surface area contributed by atoms with Gasteiger partial charge in [-0.1, -0.05) is 48.5 Å². The Balaban J connectivity index is 1.48. The van der Waals surface area contributed by atoms with E-state index in [0.29, 0.717) is 21.8 Å². The summed E-state index contributed by atoms with van der Waals surface area (Å²) in [4.78, 5) is 43.3. The van der Waals surface area contributed by atoms with Gasteiger partial charge in [0.2, 0.25) is 0 Å². The summed E-state index contributed by atoms with van der Waals surface area (Å²) in [6, 6.07) is 21.0. The number of nitrogens with zero attached hydrogens (tertiary/aromatic N) is 4. The molecular formula is C25H20N6O3. The minimum absolute atomic E-state index is 0.186. The first-order chi connectivity index (χ1) is 16.5. The number of nitrogens with one attached hydrogen (secondary N) is 2. The summed E-state index contributed by atoms with van der Waals surface area (Å²) in [6.07, 6.45) is 4.77. The van der Waals surface area contributed by atoms with Crippen LogP contribution < -0.4 is 10.7 Å². The second-order valence-electron chi connectivity index (χ2n) is 7.92. The lowest BCUT2D eigenvalue weighted by atomic mass is 9.92. The number of para-hydroxylation sites is 1. The standard InChI is InChI=1S/C25H20N6O3/c1-25(18-10-4-2-5-11-18)23(33)31(24(34)27-25)29-22(32)20-16-30(19-12-6-3-7-13-19)28-21(20)17-9-8-14-26-15-17/h2-16H,1H3,(H,27,34)(H,29,32). The first kappa shape index (κ1) is 21.1. The van der Waals surface area contributed by atoms with Crippen molar-refractivity contribution in [2.45, 2.75) is 12.5 Å². The first-order valence-electron chi connectivity index (χ1n) is 10.6. The van der Waals surface area contributed by atoms with Gasteiger partial charge in [0.1, 0.15) is 11.2 Å². The van der Waals surface area contributed by atoms with Crippen molar-refractivity contribution in [2.75, 3.05) is 0 Å². The zero-order valence-corrected chi connectivity index (χ0v) is 18.2. The molecule has 34 heavy (non-hydrogen) atoms. The number of aromatic nitrogens is 3. The van der Waals surface area contributed by atoms with Gasteiger partial charge in [0.15, 0.2) is 0 Å². The minimum atomic E-state index is -1.30. The maximum atomic E-state index is 13.3. The fourth-order valence-corrected chi connectivity index (χ4v) is 3.84. The van der Waals surface area contributed by atoms with E-state index < -0.39 is 23.4 Å². The molecule has 1 aliphatic rings. The van der Waals surface area contributed by atoms with Crippen molar-refractivity contribution in [1.82, 2.24) is 30.5 Å². The Morgan fingerprint density at radius 3 is 2.35 bits per heavy atom. The summed E-state index contributed by atoms with van der Waals surface area (Å²) in [5, 5.41) is 7.96. The van der Waals surface area contributed by atoms with Crippen LogP contribution in [0.15, 0.2) is 91.4 Å². The predicted molar refractivity (Wildman–Crippen MR) is 123 cm³/mol. The highest BCUT2D eigenvalue weighted by Crippen LogP contribution is 2.28. The van der Waals surface area contributed by atoms with Crippen molar-refractivity contribution < 1.29 is 14.4 Å². The van der Waals surface area contributed by atoms with E-state index in [1.54, 1.807) is 66.6 Å². The van der Waals surface area contributed by atoms with Crippen LogP contribution in [-0.2, 0) is 10.3 Å². The number of pyridine rings is 1. The molecule has 2 aromatic carbocycles. The van der Waals surface area contributed by atoms with Gasteiger partial charge in [-0.3, -0.25) is 20.0 Å². The van der Waals surface area contributed by atoms with Gasteiger partial charge in [-0.2, -0.15) is 10.1 Å². The minimum Gasteiger partial charge on any atom is -0.318 e.